The third-order valence-corrected chi connectivity index (χ3v) is 11.0. The van der Waals surface area contributed by atoms with Crippen molar-refractivity contribution in [2.45, 2.75) is 5.92 Å². The van der Waals surface area contributed by atoms with Gasteiger partial charge in [-0.05, 0) is 92.5 Å². The summed E-state index contributed by atoms with van der Waals surface area (Å²) in [6.07, 6.45) is 0. The zero-order valence-corrected chi connectivity index (χ0v) is 27.8. The van der Waals surface area contributed by atoms with Crippen LogP contribution in [0.15, 0.2) is 182 Å². The number of aromatic amines is 1. The quantitative estimate of drug-likeness (QED) is 0.196. The van der Waals surface area contributed by atoms with E-state index in [1.54, 1.807) is 0 Å². The molecule has 1 atom stereocenters. The van der Waals surface area contributed by atoms with Gasteiger partial charge in [-0.25, -0.2) is 0 Å². The lowest BCUT2D eigenvalue weighted by molar-refractivity contribution is 1.02. The van der Waals surface area contributed by atoms with E-state index in [4.69, 9.17) is 0 Å². The van der Waals surface area contributed by atoms with Gasteiger partial charge in [0.2, 0.25) is 0 Å². The van der Waals surface area contributed by atoms with E-state index < -0.39 is 0 Å². The monoisotopic (exact) mass is 648 g/mol. The van der Waals surface area contributed by atoms with Gasteiger partial charge < -0.3 is 9.55 Å². The molecule has 0 bridgehead atoms. The van der Waals surface area contributed by atoms with Crippen LogP contribution in [0, 0.1) is 0 Å². The Bertz CT molecular complexity index is 2960. The highest BCUT2D eigenvalue weighted by molar-refractivity contribution is 6.11. The van der Waals surface area contributed by atoms with Gasteiger partial charge in [0.05, 0.1) is 16.6 Å². The van der Waals surface area contributed by atoms with Crippen LogP contribution in [0.4, 0.5) is 0 Å². The summed E-state index contributed by atoms with van der Waals surface area (Å²) >= 11 is 0. The molecule has 0 radical (unpaired) electrons. The number of rotatable bonds is 4. The Morgan fingerprint density at radius 1 is 0.373 bits per heavy atom. The number of nitrogens with one attached hydrogen (secondary N) is 1. The van der Waals surface area contributed by atoms with Crippen LogP contribution in [0.5, 0.6) is 0 Å². The number of hydrogen-bond donors (Lipinski definition) is 1. The molecular formula is C49H32N2. The van der Waals surface area contributed by atoms with E-state index >= 15 is 0 Å². The minimum atomic E-state index is 0.136. The fourth-order valence-electron chi connectivity index (χ4n) is 8.72. The van der Waals surface area contributed by atoms with E-state index in [0.29, 0.717) is 0 Å². The maximum atomic E-state index is 3.79. The highest BCUT2D eigenvalue weighted by atomic mass is 15.0. The first-order valence-electron chi connectivity index (χ1n) is 17.7. The van der Waals surface area contributed by atoms with Crippen LogP contribution in [-0.2, 0) is 0 Å². The molecule has 0 spiro atoms. The molecule has 11 rings (SSSR count). The molecule has 1 aliphatic rings. The third kappa shape index (κ3) is 4.23. The first-order valence-corrected chi connectivity index (χ1v) is 17.7. The molecule has 51 heavy (non-hydrogen) atoms. The van der Waals surface area contributed by atoms with E-state index in [1.807, 2.05) is 0 Å². The summed E-state index contributed by atoms with van der Waals surface area (Å²) in [5.74, 6) is 0.136. The largest absolute Gasteiger partial charge is 0.354 e. The van der Waals surface area contributed by atoms with Crippen molar-refractivity contribution in [1.29, 1.82) is 0 Å². The highest BCUT2D eigenvalue weighted by Crippen LogP contribution is 2.51. The van der Waals surface area contributed by atoms with E-state index in [0.717, 1.165) is 5.69 Å². The Morgan fingerprint density at radius 2 is 1.00 bits per heavy atom. The average molecular weight is 649 g/mol. The summed E-state index contributed by atoms with van der Waals surface area (Å²) in [6, 6.07) is 66.8. The number of nitrogens with zero attached hydrogens (tertiary/aromatic N) is 1. The second-order valence-corrected chi connectivity index (χ2v) is 13.8. The molecule has 0 aliphatic heterocycles. The van der Waals surface area contributed by atoms with E-state index in [9.17, 15) is 0 Å². The molecule has 2 heterocycles. The van der Waals surface area contributed by atoms with E-state index in [1.165, 1.54) is 93.7 Å². The van der Waals surface area contributed by atoms with E-state index in [-0.39, 0.29) is 5.92 Å². The molecule has 2 nitrogen and oxygen atoms in total. The summed E-state index contributed by atoms with van der Waals surface area (Å²) in [6.45, 7) is 0. The Hall–Kier alpha value is -6.64. The lowest BCUT2D eigenvalue weighted by atomic mass is 9.87. The van der Waals surface area contributed by atoms with Crippen LogP contribution in [0.2, 0.25) is 0 Å². The number of benzene rings is 8. The summed E-state index contributed by atoms with van der Waals surface area (Å²) in [7, 11) is 0. The molecule has 2 heteroatoms. The molecule has 1 aliphatic carbocycles. The van der Waals surface area contributed by atoms with E-state index in [2.05, 4.69) is 192 Å². The van der Waals surface area contributed by atoms with Crippen LogP contribution < -0.4 is 0 Å². The van der Waals surface area contributed by atoms with Crippen LogP contribution in [-0.4, -0.2) is 9.55 Å². The summed E-state index contributed by atoms with van der Waals surface area (Å²) in [5.41, 5.74) is 17.6. The van der Waals surface area contributed by atoms with Crippen LogP contribution in [0.3, 0.4) is 0 Å². The van der Waals surface area contributed by atoms with Crippen molar-refractivity contribution >= 4 is 43.6 Å². The minimum Gasteiger partial charge on any atom is -0.354 e. The van der Waals surface area contributed by atoms with Gasteiger partial charge in [0, 0.05) is 38.7 Å². The van der Waals surface area contributed by atoms with Crippen molar-refractivity contribution < 1.29 is 0 Å². The number of fused-ring (bicyclic) bond motifs is 9. The topological polar surface area (TPSA) is 20.7 Å². The lowest BCUT2D eigenvalue weighted by Gasteiger charge is -2.17. The van der Waals surface area contributed by atoms with Crippen molar-refractivity contribution in [2.24, 2.45) is 0 Å². The fraction of sp³-hybridized carbons (Fsp3) is 0.0204. The standard InChI is InChI=1S/C49H32N2/c1-2-11-31(12-3-1)32-21-25-35(26-22-32)51-46-20-9-7-15-39(46)43-29-34(24-28-47(43)51)33-23-27-37-36-13-4-5-16-40(36)48(44(37)30-33)42-18-10-17-41-38-14-6-8-19-45(38)50-49(41)42/h1-30,48,50H. The first-order chi connectivity index (χ1) is 25.3. The van der Waals surface area contributed by atoms with Gasteiger partial charge in [0.25, 0.3) is 0 Å². The lowest BCUT2D eigenvalue weighted by Crippen LogP contribution is -2.00. The minimum absolute atomic E-state index is 0.136. The van der Waals surface area contributed by atoms with Gasteiger partial charge in [-0.2, -0.15) is 0 Å². The van der Waals surface area contributed by atoms with Crippen molar-refractivity contribution in [3.05, 3.63) is 199 Å². The predicted octanol–water partition coefficient (Wildman–Crippen LogP) is 12.9. The molecule has 1 unspecified atom stereocenters. The molecule has 0 saturated heterocycles. The van der Waals surface area contributed by atoms with Crippen molar-refractivity contribution in [3.8, 4) is 39.1 Å². The molecule has 2 aromatic heterocycles. The number of aromatic nitrogens is 2. The Labute approximate surface area is 295 Å². The van der Waals surface area contributed by atoms with Gasteiger partial charge >= 0.3 is 0 Å². The van der Waals surface area contributed by atoms with Crippen molar-refractivity contribution in [3.63, 3.8) is 0 Å². The second kappa shape index (κ2) is 10.9. The highest BCUT2D eigenvalue weighted by Gasteiger charge is 2.31. The van der Waals surface area contributed by atoms with Gasteiger partial charge in [0.1, 0.15) is 0 Å². The molecule has 0 amide bonds. The van der Waals surface area contributed by atoms with Crippen LogP contribution in [0.1, 0.15) is 22.6 Å². The molecular weight excluding hydrogens is 617 g/mol. The average Bonchev–Trinajstić information content (AvgIpc) is 3.86. The van der Waals surface area contributed by atoms with Crippen LogP contribution >= 0.6 is 0 Å². The predicted molar refractivity (Wildman–Crippen MR) is 214 cm³/mol. The Balaban J connectivity index is 1.06. The fourth-order valence-corrected chi connectivity index (χ4v) is 8.72. The second-order valence-electron chi connectivity index (χ2n) is 13.8. The first kappa shape index (κ1) is 28.2. The molecule has 238 valence electrons. The molecule has 10 aromatic rings. The number of H-pyrrole nitrogens is 1. The number of hydrogen-bond acceptors (Lipinski definition) is 0. The van der Waals surface area contributed by atoms with Gasteiger partial charge in [-0.3, -0.25) is 0 Å². The Kier molecular flexibility index (Phi) is 6.05. The summed E-state index contributed by atoms with van der Waals surface area (Å²) in [4.78, 5) is 3.79. The summed E-state index contributed by atoms with van der Waals surface area (Å²) < 4.78 is 2.40. The van der Waals surface area contributed by atoms with Crippen molar-refractivity contribution in [2.75, 3.05) is 0 Å². The van der Waals surface area contributed by atoms with Gasteiger partial charge in [-0.1, -0.05) is 140 Å². The van der Waals surface area contributed by atoms with Gasteiger partial charge in [0.15, 0.2) is 0 Å². The molecule has 8 aromatic carbocycles. The molecule has 0 fully saturated rings. The SMILES string of the molecule is c1ccc(-c2ccc(-n3c4ccccc4c4cc(-c5ccc6c(c5)C(c5cccc7c5[nH]c5ccccc57)c5ccccc5-6)ccc43)cc2)cc1. The van der Waals surface area contributed by atoms with Crippen LogP contribution in [0.25, 0.3) is 82.7 Å². The zero-order chi connectivity index (χ0) is 33.5. The number of para-hydroxylation sites is 3. The normalized spacial score (nSPS) is 13.7. The maximum absolute atomic E-state index is 3.79. The summed E-state index contributed by atoms with van der Waals surface area (Å²) in [5, 5.41) is 5.08. The van der Waals surface area contributed by atoms with Gasteiger partial charge in [-0.15, -0.1) is 0 Å². The Morgan fingerprint density at radius 3 is 1.90 bits per heavy atom. The molecule has 0 saturated carbocycles. The smallest absolute Gasteiger partial charge is 0.0541 e. The van der Waals surface area contributed by atoms with Crippen molar-refractivity contribution in [1.82, 2.24) is 9.55 Å². The zero-order valence-electron chi connectivity index (χ0n) is 27.8. The third-order valence-electron chi connectivity index (χ3n) is 11.0. The maximum Gasteiger partial charge on any atom is 0.0541 e. The molecule has 1 N–H and O–H groups in total.